The van der Waals surface area contributed by atoms with Gasteiger partial charge in [-0.25, -0.2) is 0 Å². The van der Waals surface area contributed by atoms with Crippen molar-refractivity contribution < 1.29 is 18.9 Å². The summed E-state index contributed by atoms with van der Waals surface area (Å²) in [6, 6.07) is 8.88. The Bertz CT molecular complexity index is 1090. The number of rotatable bonds is 0. The van der Waals surface area contributed by atoms with Gasteiger partial charge in [0.25, 0.3) is 7.37 Å². The van der Waals surface area contributed by atoms with Gasteiger partial charge in [0.2, 0.25) is 0 Å². The molecule has 2 aromatic carbocycles. The quantitative estimate of drug-likeness (QED) is 0.359. The van der Waals surface area contributed by atoms with Gasteiger partial charge in [-0.15, -0.1) is 0 Å². The molecule has 0 radical (unpaired) electrons. The Labute approximate surface area is 219 Å². The average Bonchev–Trinajstić information content (AvgIpc) is 2.67. The van der Waals surface area contributed by atoms with Crippen molar-refractivity contribution in [1.82, 2.24) is 0 Å². The first kappa shape index (κ1) is 28.8. The lowest BCUT2D eigenvalue weighted by atomic mass is 9.76. The van der Waals surface area contributed by atoms with E-state index in [4.69, 9.17) is 9.47 Å². The molecule has 3 rings (SSSR count). The van der Waals surface area contributed by atoms with Crippen LogP contribution in [0.2, 0.25) is 0 Å². The van der Waals surface area contributed by atoms with Gasteiger partial charge in [0.05, 0.1) is 0 Å². The van der Waals surface area contributed by atoms with E-state index in [9.17, 15) is 9.46 Å². The fraction of sp³-hybridized carbons (Fsp3) is 0.613. The molecule has 1 aliphatic heterocycles. The van der Waals surface area contributed by atoms with Crippen molar-refractivity contribution in [3.8, 4) is 11.5 Å². The molecule has 1 aliphatic rings. The van der Waals surface area contributed by atoms with E-state index >= 15 is 0 Å². The molecule has 0 aromatic heterocycles. The maximum absolute atomic E-state index is 13.2. The van der Waals surface area contributed by atoms with Crippen LogP contribution in [0.15, 0.2) is 24.3 Å². The Morgan fingerprint density at radius 3 is 1.22 bits per heavy atom. The van der Waals surface area contributed by atoms with Gasteiger partial charge in [-0.1, -0.05) is 107 Å². The Morgan fingerprint density at radius 1 is 0.611 bits per heavy atom. The van der Waals surface area contributed by atoms with Gasteiger partial charge in [0.15, 0.2) is 12.7 Å². The van der Waals surface area contributed by atoms with Crippen LogP contribution in [0.25, 0.3) is 0 Å². The molecule has 1 N–H and O–H groups in total. The van der Waals surface area contributed by atoms with Crippen molar-refractivity contribution in [2.45, 2.75) is 111 Å². The SMILES string of the molecule is CC(C)(C)c1cc2c(c(C(C)(C)C)c1)OCP(=O)(O)COc1c(cc(C(C)(C)C)cc1C(C)(C)C)C2. The first-order chi connectivity index (χ1) is 16.1. The average molecular weight is 515 g/mol. The molecule has 5 heteroatoms. The van der Waals surface area contributed by atoms with E-state index in [1.54, 1.807) is 0 Å². The summed E-state index contributed by atoms with van der Waals surface area (Å²) < 4.78 is 25.6. The summed E-state index contributed by atoms with van der Waals surface area (Å²) in [5.74, 6) is 1.46. The summed E-state index contributed by atoms with van der Waals surface area (Å²) in [6.07, 6.45) is 0.0941. The summed E-state index contributed by atoms with van der Waals surface area (Å²) >= 11 is 0. The molecule has 200 valence electrons. The summed E-state index contributed by atoms with van der Waals surface area (Å²) in [7, 11) is -3.69. The molecule has 0 saturated heterocycles. The standard InChI is InChI=1S/C31H47O4P/c1-28(2,3)22-14-20-13-21-15-23(29(4,5)6)17-25(31(10,11)12)27(21)35-19-36(32,33)18-34-26(20)24(16-22)30(7,8)9/h14-17H,13,18-19H2,1-12H3,(H,32,33). The zero-order valence-corrected chi connectivity index (χ0v) is 25.4. The van der Waals surface area contributed by atoms with E-state index < -0.39 is 7.37 Å². The molecule has 0 unspecified atom stereocenters. The van der Waals surface area contributed by atoms with E-state index in [2.05, 4.69) is 107 Å². The van der Waals surface area contributed by atoms with Crippen LogP contribution in [0.4, 0.5) is 0 Å². The Hall–Kier alpha value is -1.77. The minimum Gasteiger partial charge on any atom is -0.483 e. The Kier molecular flexibility index (Phi) is 7.36. The van der Waals surface area contributed by atoms with E-state index in [-0.39, 0.29) is 34.4 Å². The smallest absolute Gasteiger partial charge is 0.273 e. The molecule has 0 aliphatic carbocycles. The van der Waals surface area contributed by atoms with Crippen LogP contribution in [0, 0.1) is 0 Å². The molecule has 0 bridgehead atoms. The lowest BCUT2D eigenvalue weighted by Gasteiger charge is -2.32. The van der Waals surface area contributed by atoms with E-state index in [0.29, 0.717) is 6.42 Å². The van der Waals surface area contributed by atoms with Gasteiger partial charge in [-0.3, -0.25) is 4.57 Å². The molecule has 0 amide bonds. The molecule has 4 nitrogen and oxygen atoms in total. The molecule has 36 heavy (non-hydrogen) atoms. The predicted molar refractivity (Wildman–Crippen MR) is 151 cm³/mol. The van der Waals surface area contributed by atoms with Crippen LogP contribution >= 0.6 is 7.37 Å². The molecule has 2 aromatic rings. The largest absolute Gasteiger partial charge is 0.483 e. The van der Waals surface area contributed by atoms with Gasteiger partial charge in [-0.2, -0.15) is 0 Å². The maximum atomic E-state index is 13.2. The van der Waals surface area contributed by atoms with Crippen LogP contribution < -0.4 is 9.47 Å². The monoisotopic (exact) mass is 514 g/mol. The van der Waals surface area contributed by atoms with Crippen molar-refractivity contribution >= 4 is 7.37 Å². The van der Waals surface area contributed by atoms with Gasteiger partial charge < -0.3 is 14.4 Å². The van der Waals surface area contributed by atoms with Gasteiger partial charge in [0, 0.05) is 17.5 Å². The van der Waals surface area contributed by atoms with Crippen LogP contribution in [-0.2, 0) is 32.6 Å². The van der Waals surface area contributed by atoms with Crippen LogP contribution in [0.3, 0.4) is 0 Å². The number of ether oxygens (including phenoxy) is 2. The fourth-order valence-corrected chi connectivity index (χ4v) is 5.27. The van der Waals surface area contributed by atoms with Crippen LogP contribution in [-0.4, -0.2) is 17.6 Å². The highest BCUT2D eigenvalue weighted by atomic mass is 31.2. The third-order valence-electron chi connectivity index (χ3n) is 6.88. The van der Waals surface area contributed by atoms with Crippen molar-refractivity contribution in [2.24, 2.45) is 0 Å². The summed E-state index contributed by atoms with van der Waals surface area (Å²) in [4.78, 5) is 10.8. The van der Waals surface area contributed by atoms with Crippen molar-refractivity contribution in [3.63, 3.8) is 0 Å². The molecule has 0 fully saturated rings. The second-order valence-corrected chi connectivity index (χ2v) is 16.8. The molecular weight excluding hydrogens is 467 g/mol. The summed E-state index contributed by atoms with van der Waals surface area (Å²) in [6.45, 7) is 26.3. The fourth-order valence-electron chi connectivity index (χ4n) is 4.53. The number of benzene rings is 2. The normalized spacial score (nSPS) is 16.9. The highest BCUT2D eigenvalue weighted by Crippen LogP contribution is 2.48. The van der Waals surface area contributed by atoms with Crippen molar-refractivity contribution in [1.29, 1.82) is 0 Å². The minimum atomic E-state index is -3.69. The lowest BCUT2D eigenvalue weighted by Crippen LogP contribution is -2.22. The second kappa shape index (κ2) is 9.21. The van der Waals surface area contributed by atoms with Gasteiger partial charge in [-0.05, 0) is 43.9 Å². The topological polar surface area (TPSA) is 55.8 Å². The maximum Gasteiger partial charge on any atom is 0.273 e. The molecule has 0 spiro atoms. The van der Waals surface area contributed by atoms with Gasteiger partial charge >= 0.3 is 0 Å². The van der Waals surface area contributed by atoms with E-state index in [1.165, 1.54) is 11.1 Å². The first-order valence-electron chi connectivity index (χ1n) is 13.0. The lowest BCUT2D eigenvalue weighted by molar-refractivity contribution is 0.299. The minimum absolute atomic E-state index is 0.0558. The highest BCUT2D eigenvalue weighted by molar-refractivity contribution is 7.57. The van der Waals surface area contributed by atoms with E-state index in [1.807, 2.05) is 0 Å². The third kappa shape index (κ3) is 6.37. The third-order valence-corrected chi connectivity index (χ3v) is 7.95. The molecule has 1 heterocycles. The molecule has 0 saturated carbocycles. The zero-order valence-electron chi connectivity index (χ0n) is 24.5. The first-order valence-corrected chi connectivity index (χ1v) is 15.0. The van der Waals surface area contributed by atoms with Crippen LogP contribution in [0.5, 0.6) is 11.5 Å². The Morgan fingerprint density at radius 2 is 0.944 bits per heavy atom. The summed E-state index contributed by atoms with van der Waals surface area (Å²) in [5.41, 5.74) is 6.14. The van der Waals surface area contributed by atoms with Crippen molar-refractivity contribution in [2.75, 3.05) is 12.7 Å². The highest BCUT2D eigenvalue weighted by Gasteiger charge is 2.33. The Balaban J connectivity index is 2.43. The zero-order chi connectivity index (χ0) is 27.5. The molecular formula is C31H47O4P. The van der Waals surface area contributed by atoms with Crippen molar-refractivity contribution in [3.05, 3.63) is 57.6 Å². The number of hydrogen-bond donors (Lipinski definition) is 1. The number of fused-ring (bicyclic) bond motifs is 2. The van der Waals surface area contributed by atoms with Gasteiger partial charge in [0.1, 0.15) is 11.5 Å². The van der Waals surface area contributed by atoms with Crippen LogP contribution in [0.1, 0.15) is 116 Å². The molecule has 0 atom stereocenters. The number of hydrogen-bond acceptors (Lipinski definition) is 3. The summed E-state index contributed by atoms with van der Waals surface area (Å²) in [5, 5.41) is 0. The second-order valence-electron chi connectivity index (χ2n) is 14.6. The van der Waals surface area contributed by atoms with E-state index in [0.717, 1.165) is 33.8 Å². The predicted octanol–water partition coefficient (Wildman–Crippen LogP) is 8.42.